The van der Waals surface area contributed by atoms with Gasteiger partial charge in [-0.05, 0) is 56.9 Å². The lowest BCUT2D eigenvalue weighted by atomic mass is 10.0. The summed E-state index contributed by atoms with van der Waals surface area (Å²) >= 11 is 0. The SMILES string of the molecule is CCC1CCCCN1c1nc(C)cc(C(=O)Nc2cccc(NC(C)=O)c2)n1. The molecule has 28 heavy (non-hydrogen) atoms. The Morgan fingerprint density at radius 3 is 2.61 bits per heavy atom. The van der Waals surface area contributed by atoms with Crippen LogP contribution >= 0.6 is 0 Å². The number of hydrogen-bond donors (Lipinski definition) is 2. The number of piperidine rings is 1. The molecule has 1 saturated heterocycles. The van der Waals surface area contributed by atoms with Crippen molar-refractivity contribution in [2.75, 3.05) is 22.1 Å². The van der Waals surface area contributed by atoms with E-state index in [0.717, 1.165) is 31.5 Å². The molecule has 1 unspecified atom stereocenters. The first-order chi connectivity index (χ1) is 13.5. The molecule has 7 nitrogen and oxygen atoms in total. The van der Waals surface area contributed by atoms with Crippen molar-refractivity contribution in [2.45, 2.75) is 52.5 Å². The summed E-state index contributed by atoms with van der Waals surface area (Å²) in [5, 5.41) is 5.56. The highest BCUT2D eigenvalue weighted by Crippen LogP contribution is 2.24. The molecule has 0 bridgehead atoms. The van der Waals surface area contributed by atoms with Crippen molar-refractivity contribution in [1.29, 1.82) is 0 Å². The topological polar surface area (TPSA) is 87.2 Å². The summed E-state index contributed by atoms with van der Waals surface area (Å²) in [5.41, 5.74) is 2.33. The molecule has 0 radical (unpaired) electrons. The van der Waals surface area contributed by atoms with Crippen LogP contribution in [0.15, 0.2) is 30.3 Å². The minimum atomic E-state index is -0.295. The van der Waals surface area contributed by atoms with E-state index in [1.165, 1.54) is 13.3 Å². The molecule has 2 aromatic rings. The molecule has 2 heterocycles. The monoisotopic (exact) mass is 381 g/mol. The molecule has 1 aromatic carbocycles. The van der Waals surface area contributed by atoms with Gasteiger partial charge in [0.2, 0.25) is 11.9 Å². The van der Waals surface area contributed by atoms with Gasteiger partial charge in [0.15, 0.2) is 0 Å². The molecule has 0 spiro atoms. The van der Waals surface area contributed by atoms with E-state index in [9.17, 15) is 9.59 Å². The normalized spacial score (nSPS) is 16.5. The van der Waals surface area contributed by atoms with Gasteiger partial charge in [-0.3, -0.25) is 9.59 Å². The van der Waals surface area contributed by atoms with Gasteiger partial charge in [0.1, 0.15) is 5.69 Å². The lowest BCUT2D eigenvalue weighted by Crippen LogP contribution is -2.40. The molecule has 1 aliphatic rings. The fourth-order valence-electron chi connectivity index (χ4n) is 3.56. The summed E-state index contributed by atoms with van der Waals surface area (Å²) in [7, 11) is 0. The van der Waals surface area contributed by atoms with E-state index in [2.05, 4.69) is 32.4 Å². The van der Waals surface area contributed by atoms with Crippen LogP contribution in [0.4, 0.5) is 17.3 Å². The first kappa shape index (κ1) is 19.8. The summed E-state index contributed by atoms with van der Waals surface area (Å²) < 4.78 is 0. The Balaban J connectivity index is 1.80. The second-order valence-corrected chi connectivity index (χ2v) is 7.16. The molecule has 0 aliphatic carbocycles. The third-order valence-electron chi connectivity index (χ3n) is 4.87. The second kappa shape index (κ2) is 8.82. The van der Waals surface area contributed by atoms with Crippen LogP contribution in [0.1, 0.15) is 55.7 Å². The molecule has 7 heteroatoms. The molecular weight excluding hydrogens is 354 g/mol. The quantitative estimate of drug-likeness (QED) is 0.823. The van der Waals surface area contributed by atoms with E-state index in [1.807, 2.05) is 6.92 Å². The maximum Gasteiger partial charge on any atom is 0.274 e. The molecular formula is C21H27N5O2. The molecule has 1 fully saturated rings. The summed E-state index contributed by atoms with van der Waals surface area (Å²) in [5.74, 6) is 0.173. The third kappa shape index (κ3) is 4.85. The van der Waals surface area contributed by atoms with Crippen LogP contribution in [-0.4, -0.2) is 34.4 Å². The molecule has 1 aromatic heterocycles. The lowest BCUT2D eigenvalue weighted by molar-refractivity contribution is -0.114. The van der Waals surface area contributed by atoms with E-state index in [-0.39, 0.29) is 11.8 Å². The van der Waals surface area contributed by atoms with Crippen molar-refractivity contribution in [1.82, 2.24) is 9.97 Å². The number of carbonyl (C=O) groups is 2. The molecule has 1 atom stereocenters. The number of carbonyl (C=O) groups excluding carboxylic acids is 2. The van der Waals surface area contributed by atoms with Gasteiger partial charge >= 0.3 is 0 Å². The first-order valence-electron chi connectivity index (χ1n) is 9.77. The Hall–Kier alpha value is -2.96. The smallest absolute Gasteiger partial charge is 0.274 e. The third-order valence-corrected chi connectivity index (χ3v) is 4.87. The number of hydrogen-bond acceptors (Lipinski definition) is 5. The van der Waals surface area contributed by atoms with Crippen molar-refractivity contribution in [3.05, 3.63) is 41.7 Å². The molecule has 1 aliphatic heterocycles. The lowest BCUT2D eigenvalue weighted by Gasteiger charge is -2.35. The summed E-state index contributed by atoms with van der Waals surface area (Å²) in [6, 6.07) is 9.15. The van der Waals surface area contributed by atoms with E-state index in [0.29, 0.717) is 29.1 Å². The van der Waals surface area contributed by atoms with E-state index in [4.69, 9.17) is 0 Å². The number of anilines is 3. The number of nitrogens with zero attached hydrogens (tertiary/aromatic N) is 3. The van der Waals surface area contributed by atoms with Gasteiger partial charge in [-0.25, -0.2) is 9.97 Å². The van der Waals surface area contributed by atoms with Gasteiger partial charge in [0, 0.05) is 36.6 Å². The van der Waals surface area contributed by atoms with E-state index < -0.39 is 0 Å². The van der Waals surface area contributed by atoms with Crippen molar-refractivity contribution in [3.8, 4) is 0 Å². The Morgan fingerprint density at radius 2 is 1.89 bits per heavy atom. The van der Waals surface area contributed by atoms with Gasteiger partial charge < -0.3 is 15.5 Å². The van der Waals surface area contributed by atoms with Crippen molar-refractivity contribution in [2.24, 2.45) is 0 Å². The average Bonchev–Trinajstić information content (AvgIpc) is 2.67. The van der Waals surface area contributed by atoms with Gasteiger partial charge in [-0.1, -0.05) is 13.0 Å². The summed E-state index contributed by atoms with van der Waals surface area (Å²) in [4.78, 5) is 35.4. The predicted octanol–water partition coefficient (Wildman–Crippen LogP) is 3.76. The first-order valence-corrected chi connectivity index (χ1v) is 9.77. The molecule has 148 valence electrons. The number of rotatable bonds is 5. The summed E-state index contributed by atoms with van der Waals surface area (Å²) in [6.45, 7) is 6.42. The van der Waals surface area contributed by atoms with Crippen LogP contribution < -0.4 is 15.5 Å². The largest absolute Gasteiger partial charge is 0.338 e. The zero-order valence-corrected chi connectivity index (χ0v) is 16.7. The highest BCUT2D eigenvalue weighted by molar-refractivity contribution is 6.03. The van der Waals surface area contributed by atoms with Crippen LogP contribution in [-0.2, 0) is 4.79 Å². The van der Waals surface area contributed by atoms with E-state index >= 15 is 0 Å². The molecule has 3 rings (SSSR count). The van der Waals surface area contributed by atoms with Crippen LogP contribution in [0.25, 0.3) is 0 Å². The Kier molecular flexibility index (Phi) is 6.23. The fourth-order valence-corrected chi connectivity index (χ4v) is 3.56. The van der Waals surface area contributed by atoms with Gasteiger partial charge in [-0.2, -0.15) is 0 Å². The Labute approximate surface area is 165 Å². The van der Waals surface area contributed by atoms with Crippen LogP contribution in [0.5, 0.6) is 0 Å². The number of nitrogens with one attached hydrogen (secondary N) is 2. The number of benzene rings is 1. The van der Waals surface area contributed by atoms with E-state index in [1.54, 1.807) is 30.3 Å². The molecule has 2 N–H and O–H groups in total. The van der Waals surface area contributed by atoms with Gasteiger partial charge in [0.25, 0.3) is 5.91 Å². The second-order valence-electron chi connectivity index (χ2n) is 7.16. The summed E-state index contributed by atoms with van der Waals surface area (Å²) in [6.07, 6.45) is 4.50. The molecule has 2 amide bonds. The maximum atomic E-state index is 12.8. The van der Waals surface area contributed by atoms with Crippen LogP contribution in [0, 0.1) is 6.92 Å². The maximum absolute atomic E-state index is 12.8. The average molecular weight is 381 g/mol. The molecule has 0 saturated carbocycles. The Morgan fingerprint density at radius 1 is 1.14 bits per heavy atom. The van der Waals surface area contributed by atoms with Crippen LogP contribution in [0.2, 0.25) is 0 Å². The Bertz CT molecular complexity index is 868. The zero-order valence-electron chi connectivity index (χ0n) is 16.7. The predicted molar refractivity (Wildman–Crippen MR) is 111 cm³/mol. The minimum absolute atomic E-state index is 0.161. The standard InChI is InChI=1S/C21H27N5O2/c1-4-18-10-5-6-11-26(18)21-22-14(2)12-19(25-21)20(28)24-17-9-7-8-16(13-17)23-15(3)27/h7-9,12-13,18H,4-6,10-11H2,1-3H3,(H,23,27)(H,24,28). The van der Waals surface area contributed by atoms with Crippen LogP contribution in [0.3, 0.4) is 0 Å². The van der Waals surface area contributed by atoms with Crippen molar-refractivity contribution < 1.29 is 9.59 Å². The van der Waals surface area contributed by atoms with Crippen molar-refractivity contribution in [3.63, 3.8) is 0 Å². The zero-order chi connectivity index (χ0) is 20.1. The fraction of sp³-hybridized carbons (Fsp3) is 0.429. The van der Waals surface area contributed by atoms with Gasteiger partial charge in [0.05, 0.1) is 0 Å². The number of aryl methyl sites for hydroxylation is 1. The minimum Gasteiger partial charge on any atom is -0.338 e. The number of aromatic nitrogens is 2. The highest BCUT2D eigenvalue weighted by atomic mass is 16.2. The van der Waals surface area contributed by atoms with Gasteiger partial charge in [-0.15, -0.1) is 0 Å². The highest BCUT2D eigenvalue weighted by Gasteiger charge is 2.24. The number of amides is 2. The van der Waals surface area contributed by atoms with Crippen molar-refractivity contribution >= 4 is 29.1 Å².